The highest BCUT2D eigenvalue weighted by Crippen LogP contribution is 1.95. The van der Waals surface area contributed by atoms with Gasteiger partial charge in [0.1, 0.15) is 13.2 Å². The zero-order chi connectivity index (χ0) is 14.8. The first-order chi connectivity index (χ1) is 8.45. The molecule has 0 bridgehead atoms. The highest BCUT2D eigenvalue weighted by molar-refractivity contribution is 5.67. The van der Waals surface area contributed by atoms with Crippen molar-refractivity contribution in [3.05, 3.63) is 0 Å². The van der Waals surface area contributed by atoms with Crippen molar-refractivity contribution in [1.82, 2.24) is 0 Å². The van der Waals surface area contributed by atoms with Crippen LogP contribution in [0.1, 0.15) is 49.7 Å². The molecule has 0 spiro atoms. The van der Waals surface area contributed by atoms with Crippen LogP contribution >= 0.6 is 0 Å². The lowest BCUT2D eigenvalue weighted by molar-refractivity contribution is -0.141. The van der Waals surface area contributed by atoms with Crippen molar-refractivity contribution in [1.29, 1.82) is 0 Å². The SMILES string of the molecule is C.O=C(O)CO.O=C(O)CO.[2H]CCCCCC[2H]. The Labute approximate surface area is 106 Å². The smallest absolute Gasteiger partial charge is 0.329 e. The normalized spacial score (nSPS) is 9.06. The van der Waals surface area contributed by atoms with Crippen LogP contribution in [0.15, 0.2) is 0 Å². The van der Waals surface area contributed by atoms with Gasteiger partial charge >= 0.3 is 11.9 Å². The molecule has 6 nitrogen and oxygen atoms in total. The van der Waals surface area contributed by atoms with Gasteiger partial charge in [-0.05, 0) is 0 Å². The van der Waals surface area contributed by atoms with Crippen LogP contribution in [0, 0.1) is 0 Å². The minimum absolute atomic E-state index is 0. The summed E-state index contributed by atoms with van der Waals surface area (Å²) in [6.07, 6.45) is 4.31. The summed E-state index contributed by atoms with van der Waals surface area (Å²) in [5.41, 5.74) is 0. The third kappa shape index (κ3) is 71.6. The second kappa shape index (κ2) is 24.2. The van der Waals surface area contributed by atoms with E-state index < -0.39 is 25.2 Å². The Morgan fingerprint density at radius 1 is 0.941 bits per heavy atom. The minimum atomic E-state index is -1.19. The summed E-state index contributed by atoms with van der Waals surface area (Å²) in [5.74, 6) is -2.38. The average Bonchev–Trinajstić information content (AvgIpc) is 2.36. The van der Waals surface area contributed by atoms with Crippen LogP contribution in [-0.4, -0.2) is 45.6 Å². The van der Waals surface area contributed by atoms with Crippen molar-refractivity contribution in [2.24, 2.45) is 0 Å². The van der Waals surface area contributed by atoms with Crippen LogP contribution in [0.3, 0.4) is 0 Å². The molecule has 0 saturated carbocycles. The number of rotatable bonds is 5. The Kier molecular flexibility index (Phi) is 26.0. The predicted molar refractivity (Wildman–Crippen MR) is 66.0 cm³/mol. The summed E-state index contributed by atoms with van der Waals surface area (Å²) < 4.78 is 13.6. The Morgan fingerprint density at radius 3 is 1.29 bits per heavy atom. The number of unbranched alkanes of at least 4 members (excludes halogenated alkanes) is 3. The first-order valence-electron chi connectivity index (χ1n) is 6.11. The number of hydrogen-bond donors (Lipinski definition) is 4. The second-order valence-electron chi connectivity index (χ2n) is 2.52. The van der Waals surface area contributed by atoms with E-state index in [-0.39, 0.29) is 7.43 Å². The molecule has 0 atom stereocenters. The molecule has 0 aromatic carbocycles. The lowest BCUT2D eigenvalue weighted by Crippen LogP contribution is -1.98. The van der Waals surface area contributed by atoms with Gasteiger partial charge < -0.3 is 20.4 Å². The van der Waals surface area contributed by atoms with E-state index in [2.05, 4.69) is 0 Å². The Bertz CT molecular complexity index is 170. The van der Waals surface area contributed by atoms with E-state index in [4.69, 9.17) is 32.8 Å². The largest absolute Gasteiger partial charge is 0.480 e. The van der Waals surface area contributed by atoms with Gasteiger partial charge in [-0.15, -0.1) is 0 Å². The first-order valence-corrected chi connectivity index (χ1v) is 4.70. The standard InChI is InChI=1S/C6H14.2C2H4O3.CH4/c1-3-5-6-4-2;2*3-1-2(4)5;/h3-6H2,1-2H3;2*3H,1H2,(H,4,5);1H4/i1D,2D;;;. The molecule has 0 amide bonds. The number of carboxylic acid groups (broad SMARTS) is 2. The maximum Gasteiger partial charge on any atom is 0.329 e. The van der Waals surface area contributed by atoms with E-state index in [1.165, 1.54) is 0 Å². The molecule has 0 aromatic rings. The maximum absolute atomic E-state index is 9.12. The fourth-order valence-electron chi connectivity index (χ4n) is 0.354. The molecule has 0 rings (SSSR count). The molecular weight excluding hydrogens is 228 g/mol. The van der Waals surface area contributed by atoms with E-state index in [0.29, 0.717) is 13.8 Å². The Morgan fingerprint density at radius 2 is 1.18 bits per heavy atom. The van der Waals surface area contributed by atoms with E-state index in [9.17, 15) is 0 Å². The maximum atomic E-state index is 9.12. The summed E-state index contributed by atoms with van der Waals surface area (Å²) in [6.45, 7) is -0.448. The van der Waals surface area contributed by atoms with Gasteiger partial charge in [0.2, 0.25) is 0 Å². The van der Waals surface area contributed by atoms with Gasteiger partial charge in [-0.1, -0.05) is 46.9 Å². The van der Waals surface area contributed by atoms with E-state index in [1.807, 2.05) is 0 Å². The molecule has 0 aliphatic heterocycles. The molecule has 4 N–H and O–H groups in total. The van der Waals surface area contributed by atoms with Gasteiger partial charge in [-0.25, -0.2) is 9.59 Å². The van der Waals surface area contributed by atoms with Crippen molar-refractivity contribution < 1.29 is 32.8 Å². The number of carbonyl (C=O) groups is 2. The zero-order valence-electron chi connectivity index (χ0n) is 11.3. The third-order valence-corrected chi connectivity index (χ3v) is 1.02. The van der Waals surface area contributed by atoms with Gasteiger partial charge in [-0.3, -0.25) is 0 Å². The van der Waals surface area contributed by atoms with Gasteiger partial charge in [0.05, 0.1) is 0 Å². The molecule has 0 saturated heterocycles. The fourth-order valence-corrected chi connectivity index (χ4v) is 0.354. The predicted octanol–water partition coefficient (Wildman–Crippen LogP) is 1.35. The summed E-state index contributed by atoms with van der Waals surface area (Å²) in [5, 5.41) is 30.0. The number of hydrogen-bond acceptors (Lipinski definition) is 4. The van der Waals surface area contributed by atoms with Crippen LogP contribution in [0.5, 0.6) is 0 Å². The minimum Gasteiger partial charge on any atom is -0.480 e. The number of aliphatic hydroxyl groups excluding tert-OH is 2. The van der Waals surface area contributed by atoms with Crippen molar-refractivity contribution in [3.63, 3.8) is 0 Å². The Hall–Kier alpha value is -1.14. The number of carboxylic acids is 2. The molecule has 0 aliphatic rings. The Balaban J connectivity index is -0.0000000906. The van der Waals surface area contributed by atoms with E-state index >= 15 is 0 Å². The van der Waals surface area contributed by atoms with Crippen LogP contribution in [0.2, 0.25) is 0 Å². The average molecular weight is 256 g/mol. The van der Waals surface area contributed by atoms with E-state index in [0.717, 1.165) is 25.7 Å². The topological polar surface area (TPSA) is 115 Å². The zero-order valence-corrected chi connectivity index (χ0v) is 9.26. The molecule has 0 aliphatic carbocycles. The number of aliphatic carboxylic acids is 2. The van der Waals surface area contributed by atoms with Gasteiger partial charge in [0.15, 0.2) is 0 Å². The molecule has 0 fully saturated rings. The molecule has 0 heterocycles. The molecule has 0 unspecified atom stereocenters. The monoisotopic (exact) mass is 256 g/mol. The van der Waals surface area contributed by atoms with E-state index in [1.54, 1.807) is 0 Å². The molecule has 106 valence electrons. The highest BCUT2D eigenvalue weighted by Gasteiger charge is 1.83. The van der Waals surface area contributed by atoms with Crippen molar-refractivity contribution in [3.8, 4) is 0 Å². The lowest BCUT2D eigenvalue weighted by atomic mass is 10.2. The van der Waals surface area contributed by atoms with Crippen LogP contribution < -0.4 is 0 Å². The second-order valence-corrected chi connectivity index (χ2v) is 2.52. The quantitative estimate of drug-likeness (QED) is 0.552. The summed E-state index contributed by atoms with van der Waals surface area (Å²) >= 11 is 0. The molecule has 0 radical (unpaired) electrons. The lowest BCUT2D eigenvalue weighted by Gasteiger charge is -1.86. The van der Waals surface area contributed by atoms with Crippen LogP contribution in [-0.2, 0) is 9.59 Å². The van der Waals surface area contributed by atoms with Gasteiger partial charge in [0.25, 0.3) is 0 Å². The van der Waals surface area contributed by atoms with Gasteiger partial charge in [-0.2, -0.15) is 0 Å². The van der Waals surface area contributed by atoms with Crippen LogP contribution in [0.4, 0.5) is 0 Å². The number of aliphatic hydroxyl groups is 2. The first kappa shape index (κ1) is 18.2. The fraction of sp³-hybridized carbons (Fsp3) is 0.818. The summed E-state index contributed by atoms with van der Waals surface area (Å²) in [7, 11) is 0. The molecule has 17 heavy (non-hydrogen) atoms. The van der Waals surface area contributed by atoms with Crippen molar-refractivity contribution in [2.45, 2.75) is 46.9 Å². The van der Waals surface area contributed by atoms with Crippen molar-refractivity contribution >= 4 is 11.9 Å². The van der Waals surface area contributed by atoms with Gasteiger partial charge in [0, 0.05) is 2.74 Å². The third-order valence-electron chi connectivity index (χ3n) is 1.02. The summed E-state index contributed by atoms with van der Waals surface area (Å²) in [6, 6.07) is 0. The molecule has 0 aromatic heterocycles. The molecule has 6 heteroatoms. The van der Waals surface area contributed by atoms with Crippen LogP contribution in [0.25, 0.3) is 0 Å². The van der Waals surface area contributed by atoms with Crippen molar-refractivity contribution in [2.75, 3.05) is 13.2 Å². The molecular formula is C11H26O6. The highest BCUT2D eigenvalue weighted by atomic mass is 16.4. The summed E-state index contributed by atoms with van der Waals surface area (Å²) in [4.78, 5) is 18.2.